The van der Waals surface area contributed by atoms with Crippen molar-refractivity contribution in [3.8, 4) is 0 Å². The normalized spacial score (nSPS) is 12.8. The average Bonchev–Trinajstić information content (AvgIpc) is 2.33. The predicted octanol–water partition coefficient (Wildman–Crippen LogP) is 1.97. The molecule has 20 heavy (non-hydrogen) atoms. The second kappa shape index (κ2) is 6.45. The molecule has 0 bridgehead atoms. The van der Waals surface area contributed by atoms with Gasteiger partial charge in [-0.05, 0) is 30.5 Å². The largest absolute Gasteiger partial charge is 0.480 e. The van der Waals surface area contributed by atoms with Crippen LogP contribution in [0.15, 0.2) is 24.3 Å². The molecule has 0 aromatic heterocycles. The van der Waals surface area contributed by atoms with Crippen molar-refractivity contribution >= 4 is 19.6 Å². The summed E-state index contributed by atoms with van der Waals surface area (Å²) in [6, 6.07) is 3.21. The zero-order valence-corrected chi connectivity index (χ0v) is 10.3. The van der Waals surface area contributed by atoms with Gasteiger partial charge < -0.3 is 10.4 Å². The Balaban J connectivity index is 2.64. The van der Waals surface area contributed by atoms with Crippen LogP contribution >= 0.6 is 0 Å². The van der Waals surface area contributed by atoms with Gasteiger partial charge in [0.05, 0.1) is 5.56 Å². The topological polar surface area (TPSA) is 66.4 Å². The highest BCUT2D eigenvalue weighted by molar-refractivity contribution is 6.57. The minimum atomic E-state index is -4.41. The van der Waals surface area contributed by atoms with E-state index in [-0.39, 0.29) is 12.8 Å². The van der Waals surface area contributed by atoms with Gasteiger partial charge in [-0.2, -0.15) is 13.2 Å². The summed E-state index contributed by atoms with van der Waals surface area (Å²) in [6.45, 7) is 0. The maximum absolute atomic E-state index is 12.3. The van der Waals surface area contributed by atoms with Crippen LogP contribution < -0.4 is 5.32 Å². The van der Waals surface area contributed by atoms with Crippen molar-refractivity contribution in [3.63, 3.8) is 0 Å². The quantitative estimate of drug-likeness (QED) is 0.813. The molecule has 4 nitrogen and oxygen atoms in total. The number of carbonyl (C=O) groups is 2. The number of alkyl halides is 3. The minimum absolute atomic E-state index is 0.0314. The first kappa shape index (κ1) is 16.1. The van der Waals surface area contributed by atoms with Crippen molar-refractivity contribution in [2.45, 2.75) is 25.1 Å². The fraction of sp³-hybridized carbons (Fsp3) is 0.333. The van der Waals surface area contributed by atoms with Gasteiger partial charge in [-0.15, -0.1) is 0 Å². The molecule has 2 N–H and O–H groups in total. The first-order chi connectivity index (χ1) is 9.20. The molecule has 0 unspecified atom stereocenters. The lowest BCUT2D eigenvalue weighted by atomic mass is 10.0. The highest BCUT2D eigenvalue weighted by atomic mass is 19.4. The van der Waals surface area contributed by atoms with Crippen LogP contribution in [0.5, 0.6) is 0 Å². The molecule has 1 amide bonds. The zero-order chi connectivity index (χ0) is 15.3. The van der Waals surface area contributed by atoms with Gasteiger partial charge in [0.15, 0.2) is 5.81 Å². The van der Waals surface area contributed by atoms with Gasteiger partial charge in [-0.3, -0.25) is 4.79 Å². The van der Waals surface area contributed by atoms with Crippen LogP contribution in [-0.4, -0.2) is 30.8 Å². The molecule has 0 aliphatic carbocycles. The Kier molecular flexibility index (Phi) is 5.18. The summed E-state index contributed by atoms with van der Waals surface area (Å²) in [7, 11) is 4.83. The number of carbonyl (C=O) groups excluding carboxylic acids is 1. The van der Waals surface area contributed by atoms with E-state index >= 15 is 0 Å². The Bertz CT molecular complexity index is 488. The Labute approximate surface area is 114 Å². The standard InChI is InChI=1S/C12H11BF3NO3/c13-11(20)17-9(10(18)19)6-3-7-1-4-8(5-2-7)12(14,15)16/h1-2,4-5,9H,3,6H2,(H,17,20)(H,18,19)/t9-/m1/s1. The van der Waals surface area contributed by atoms with E-state index in [1.54, 1.807) is 0 Å². The van der Waals surface area contributed by atoms with Crippen molar-refractivity contribution in [1.82, 2.24) is 5.32 Å². The Morgan fingerprint density at radius 1 is 1.25 bits per heavy atom. The fourth-order valence-corrected chi connectivity index (χ4v) is 1.60. The highest BCUT2D eigenvalue weighted by Gasteiger charge is 2.29. The van der Waals surface area contributed by atoms with Gasteiger partial charge in [0.2, 0.25) is 7.85 Å². The SMILES string of the molecule is [B]C(=O)N[C@H](CCc1ccc(C(F)(F)F)cc1)C(=O)O. The Morgan fingerprint density at radius 3 is 2.20 bits per heavy atom. The number of amides is 1. The van der Waals surface area contributed by atoms with E-state index in [2.05, 4.69) is 0 Å². The fourth-order valence-electron chi connectivity index (χ4n) is 1.60. The van der Waals surface area contributed by atoms with E-state index < -0.39 is 29.6 Å². The Hall–Kier alpha value is -1.99. The van der Waals surface area contributed by atoms with Gasteiger partial charge in [0.25, 0.3) is 0 Å². The van der Waals surface area contributed by atoms with Crippen LogP contribution in [0.1, 0.15) is 17.5 Å². The van der Waals surface area contributed by atoms with Gasteiger partial charge >= 0.3 is 12.1 Å². The van der Waals surface area contributed by atoms with Gasteiger partial charge in [-0.25, -0.2) is 4.79 Å². The molecule has 1 rings (SSSR count). The molecule has 0 saturated heterocycles. The molecular formula is C12H11BF3NO3. The number of aliphatic carboxylic acids is 1. The molecule has 106 valence electrons. The van der Waals surface area contributed by atoms with Gasteiger partial charge in [0.1, 0.15) is 6.04 Å². The van der Waals surface area contributed by atoms with Gasteiger partial charge in [0, 0.05) is 0 Å². The molecule has 0 spiro atoms. The first-order valence-electron chi connectivity index (χ1n) is 5.65. The summed E-state index contributed by atoms with van der Waals surface area (Å²) in [6.07, 6.45) is -4.17. The van der Waals surface area contributed by atoms with E-state index in [0.29, 0.717) is 5.56 Å². The number of carboxylic acid groups (broad SMARTS) is 1. The summed E-state index contributed by atoms with van der Waals surface area (Å²) in [4.78, 5) is 21.4. The summed E-state index contributed by atoms with van der Waals surface area (Å²) >= 11 is 0. The van der Waals surface area contributed by atoms with E-state index in [1.165, 1.54) is 12.1 Å². The van der Waals surface area contributed by atoms with Crippen molar-refractivity contribution in [3.05, 3.63) is 35.4 Å². The molecule has 0 aliphatic rings. The third kappa shape index (κ3) is 4.95. The number of hydrogen-bond acceptors (Lipinski definition) is 2. The van der Waals surface area contributed by atoms with Crippen LogP contribution in [0, 0.1) is 0 Å². The van der Waals surface area contributed by atoms with Crippen LogP contribution in [0.3, 0.4) is 0 Å². The zero-order valence-electron chi connectivity index (χ0n) is 10.3. The third-order valence-corrected chi connectivity index (χ3v) is 2.62. The second-order valence-electron chi connectivity index (χ2n) is 4.13. The number of nitrogens with one attached hydrogen (secondary N) is 1. The third-order valence-electron chi connectivity index (χ3n) is 2.62. The number of hydrogen-bond donors (Lipinski definition) is 2. The minimum Gasteiger partial charge on any atom is -0.480 e. The summed E-state index contributed by atoms with van der Waals surface area (Å²) in [5, 5.41) is 10.9. The van der Waals surface area contributed by atoms with Crippen molar-refractivity contribution in [2.24, 2.45) is 0 Å². The molecule has 8 heteroatoms. The van der Waals surface area contributed by atoms with Crippen molar-refractivity contribution in [1.29, 1.82) is 0 Å². The van der Waals surface area contributed by atoms with Crippen LogP contribution in [0.4, 0.5) is 18.0 Å². The number of carboxylic acids is 1. The number of benzene rings is 1. The molecule has 2 radical (unpaired) electrons. The number of aryl methyl sites for hydroxylation is 1. The summed E-state index contributed by atoms with van der Waals surface area (Å²) in [5.41, 5.74) is -0.234. The lowest BCUT2D eigenvalue weighted by molar-refractivity contribution is -0.139. The van der Waals surface area contributed by atoms with E-state index in [1.807, 2.05) is 5.32 Å². The molecular weight excluding hydrogens is 274 g/mol. The molecule has 1 atom stereocenters. The number of halogens is 3. The highest BCUT2D eigenvalue weighted by Crippen LogP contribution is 2.29. The molecule has 0 saturated carbocycles. The van der Waals surface area contributed by atoms with Gasteiger partial charge in [-0.1, -0.05) is 12.1 Å². The molecule has 1 aromatic carbocycles. The summed E-state index contributed by atoms with van der Waals surface area (Å²) in [5.74, 6) is -2.22. The van der Waals surface area contributed by atoms with Crippen molar-refractivity contribution in [2.75, 3.05) is 0 Å². The van der Waals surface area contributed by atoms with Crippen LogP contribution in [0.25, 0.3) is 0 Å². The Morgan fingerprint density at radius 2 is 1.80 bits per heavy atom. The lowest BCUT2D eigenvalue weighted by Gasteiger charge is -2.13. The molecule has 0 aliphatic heterocycles. The van der Waals surface area contributed by atoms with Crippen LogP contribution in [0.2, 0.25) is 0 Å². The first-order valence-corrected chi connectivity index (χ1v) is 5.65. The predicted molar refractivity (Wildman–Crippen MR) is 65.5 cm³/mol. The van der Waals surface area contributed by atoms with E-state index in [4.69, 9.17) is 13.0 Å². The monoisotopic (exact) mass is 285 g/mol. The van der Waals surface area contributed by atoms with Crippen molar-refractivity contribution < 1.29 is 27.9 Å². The van der Waals surface area contributed by atoms with Crippen LogP contribution in [-0.2, 0) is 17.4 Å². The molecule has 1 aromatic rings. The lowest BCUT2D eigenvalue weighted by Crippen LogP contribution is -2.40. The van der Waals surface area contributed by atoms with E-state index in [9.17, 15) is 22.8 Å². The van der Waals surface area contributed by atoms with E-state index in [0.717, 1.165) is 12.1 Å². The summed E-state index contributed by atoms with van der Waals surface area (Å²) < 4.78 is 37.0. The molecule has 0 heterocycles. The smallest absolute Gasteiger partial charge is 0.416 e. The second-order valence-corrected chi connectivity index (χ2v) is 4.13. The molecule has 0 fully saturated rings. The number of rotatable bonds is 5. The average molecular weight is 285 g/mol. The maximum Gasteiger partial charge on any atom is 0.416 e. The maximum atomic E-state index is 12.3.